The summed E-state index contributed by atoms with van der Waals surface area (Å²) in [5.41, 5.74) is 4.94. The van der Waals surface area contributed by atoms with E-state index >= 15 is 0 Å². The number of nitrogens with two attached hydrogens (primary N) is 1. The molecule has 0 aromatic rings. The van der Waals surface area contributed by atoms with E-state index in [0.29, 0.717) is 13.1 Å². The van der Waals surface area contributed by atoms with Crippen LogP contribution in [0.5, 0.6) is 0 Å². The van der Waals surface area contributed by atoms with Crippen molar-refractivity contribution in [2.75, 3.05) is 13.1 Å². The number of rotatable bonds is 8. The minimum atomic E-state index is -0.492. The second kappa shape index (κ2) is 9.85. The molecule has 0 aromatic carbocycles. The average molecular weight is 360 g/mol. The van der Waals surface area contributed by atoms with Crippen LogP contribution in [0.15, 0.2) is 0 Å². The Balaban J connectivity index is 3.84. The first-order valence-electron chi connectivity index (χ1n) is 8.93. The predicted molar refractivity (Wildman–Crippen MR) is 99.5 cm³/mol. The van der Waals surface area contributed by atoms with E-state index in [1.807, 2.05) is 48.5 Å². The fraction of sp³-hybridized carbons (Fsp3) is 0.889. The zero-order valence-electron chi connectivity index (χ0n) is 17.0. The molecule has 7 heteroatoms. The first-order valence-corrected chi connectivity index (χ1v) is 8.93. The molecule has 0 heterocycles. The van der Waals surface area contributed by atoms with Gasteiger partial charge in [-0.25, -0.2) is 9.59 Å². The molecule has 7 nitrogen and oxygen atoms in total. The third-order valence-electron chi connectivity index (χ3n) is 3.19. The zero-order valence-corrected chi connectivity index (χ0v) is 17.0. The van der Waals surface area contributed by atoms with Crippen LogP contribution in [0.3, 0.4) is 0 Å². The smallest absolute Gasteiger partial charge is 0.407 e. The highest BCUT2D eigenvalue weighted by Crippen LogP contribution is 2.15. The van der Waals surface area contributed by atoms with Crippen molar-refractivity contribution in [2.45, 2.75) is 90.9 Å². The van der Waals surface area contributed by atoms with Gasteiger partial charge in [-0.05, 0) is 74.1 Å². The number of amides is 2. The number of carbonyl (C=O) groups excluding carboxylic acids is 2. The van der Waals surface area contributed by atoms with Crippen LogP contribution in [0.2, 0.25) is 0 Å². The fourth-order valence-corrected chi connectivity index (χ4v) is 2.12. The SMILES string of the molecule is CC(N)(CCCNC(=O)OC(C)(C)C)CCCNC(=O)OC(C)(C)C. The highest BCUT2D eigenvalue weighted by molar-refractivity contribution is 5.67. The molecule has 4 N–H and O–H groups in total. The van der Waals surface area contributed by atoms with Crippen LogP contribution in [0, 0.1) is 0 Å². The number of hydrogen-bond donors (Lipinski definition) is 3. The fourth-order valence-electron chi connectivity index (χ4n) is 2.12. The molecule has 148 valence electrons. The minimum absolute atomic E-state index is 0.342. The summed E-state index contributed by atoms with van der Waals surface area (Å²) in [5, 5.41) is 5.45. The Morgan fingerprint density at radius 1 is 0.760 bits per heavy atom. The first-order chi connectivity index (χ1) is 11.2. The van der Waals surface area contributed by atoms with E-state index in [0.717, 1.165) is 25.7 Å². The van der Waals surface area contributed by atoms with Crippen molar-refractivity contribution >= 4 is 12.2 Å². The van der Waals surface area contributed by atoms with Gasteiger partial charge in [0.15, 0.2) is 0 Å². The summed E-state index contributed by atoms with van der Waals surface area (Å²) in [5.74, 6) is 0. The molecule has 0 aromatic heterocycles. The topological polar surface area (TPSA) is 103 Å². The van der Waals surface area contributed by atoms with Crippen molar-refractivity contribution in [3.05, 3.63) is 0 Å². The molecule has 0 saturated heterocycles. The predicted octanol–water partition coefficient (Wildman–Crippen LogP) is 3.31. The van der Waals surface area contributed by atoms with Crippen molar-refractivity contribution in [2.24, 2.45) is 5.73 Å². The molecule has 0 aliphatic heterocycles. The second-order valence-electron chi connectivity index (χ2n) is 8.72. The Morgan fingerprint density at radius 2 is 1.08 bits per heavy atom. The van der Waals surface area contributed by atoms with Crippen LogP contribution in [0.25, 0.3) is 0 Å². The van der Waals surface area contributed by atoms with Crippen LogP contribution in [0.1, 0.15) is 74.1 Å². The molecule has 0 spiro atoms. The van der Waals surface area contributed by atoms with Crippen LogP contribution in [-0.2, 0) is 9.47 Å². The lowest BCUT2D eigenvalue weighted by Gasteiger charge is -2.25. The van der Waals surface area contributed by atoms with Crippen LogP contribution < -0.4 is 16.4 Å². The van der Waals surface area contributed by atoms with E-state index in [4.69, 9.17) is 15.2 Å². The van der Waals surface area contributed by atoms with Gasteiger partial charge in [0.1, 0.15) is 11.2 Å². The lowest BCUT2D eigenvalue weighted by atomic mass is 9.91. The third-order valence-corrected chi connectivity index (χ3v) is 3.19. The second-order valence-corrected chi connectivity index (χ2v) is 8.72. The summed E-state index contributed by atoms with van der Waals surface area (Å²) >= 11 is 0. The normalized spacial score (nSPS) is 12.5. The van der Waals surface area contributed by atoms with Crippen LogP contribution in [-0.4, -0.2) is 42.0 Å². The first kappa shape index (κ1) is 23.5. The van der Waals surface area contributed by atoms with E-state index in [2.05, 4.69) is 10.6 Å². The molecule has 25 heavy (non-hydrogen) atoms. The molecular formula is C18H37N3O4. The average Bonchev–Trinajstić information content (AvgIpc) is 2.36. The van der Waals surface area contributed by atoms with Gasteiger partial charge in [0, 0.05) is 18.6 Å². The summed E-state index contributed by atoms with van der Waals surface area (Å²) in [6.07, 6.45) is 2.27. The molecular weight excluding hydrogens is 322 g/mol. The van der Waals surface area contributed by atoms with Crippen LogP contribution in [0.4, 0.5) is 9.59 Å². The summed E-state index contributed by atoms with van der Waals surface area (Å²) in [6.45, 7) is 14.0. The molecule has 0 rings (SSSR count). The molecule has 0 aliphatic carbocycles. The highest BCUT2D eigenvalue weighted by atomic mass is 16.6. The quantitative estimate of drug-likeness (QED) is 0.577. The van der Waals surface area contributed by atoms with Gasteiger partial charge >= 0.3 is 12.2 Å². The van der Waals surface area contributed by atoms with E-state index in [-0.39, 0.29) is 5.54 Å². The molecule has 0 fully saturated rings. The van der Waals surface area contributed by atoms with Crippen molar-refractivity contribution in [1.82, 2.24) is 10.6 Å². The van der Waals surface area contributed by atoms with E-state index in [9.17, 15) is 9.59 Å². The third kappa shape index (κ3) is 15.8. The summed E-state index contributed by atoms with van der Waals surface area (Å²) < 4.78 is 10.3. The molecule has 0 aliphatic rings. The Morgan fingerprint density at radius 3 is 1.36 bits per heavy atom. The minimum Gasteiger partial charge on any atom is -0.444 e. The van der Waals surface area contributed by atoms with Gasteiger partial charge in [0.05, 0.1) is 0 Å². The Kier molecular flexibility index (Phi) is 9.26. The van der Waals surface area contributed by atoms with Crippen molar-refractivity contribution in [1.29, 1.82) is 0 Å². The number of ether oxygens (including phenoxy) is 2. The molecule has 0 radical (unpaired) electrons. The monoisotopic (exact) mass is 359 g/mol. The Labute approximate surface area is 152 Å². The maximum absolute atomic E-state index is 11.5. The highest BCUT2D eigenvalue weighted by Gasteiger charge is 2.20. The van der Waals surface area contributed by atoms with Crippen molar-refractivity contribution in [3.63, 3.8) is 0 Å². The molecule has 2 amide bonds. The van der Waals surface area contributed by atoms with E-state index < -0.39 is 23.4 Å². The number of carbonyl (C=O) groups is 2. The number of nitrogens with one attached hydrogen (secondary N) is 2. The van der Waals surface area contributed by atoms with E-state index in [1.165, 1.54) is 0 Å². The van der Waals surface area contributed by atoms with Crippen LogP contribution >= 0.6 is 0 Å². The van der Waals surface area contributed by atoms with Gasteiger partial charge in [-0.3, -0.25) is 0 Å². The Hall–Kier alpha value is -1.50. The largest absolute Gasteiger partial charge is 0.444 e. The summed E-state index contributed by atoms with van der Waals surface area (Å²) in [7, 11) is 0. The standard InChI is InChI=1S/C18H37N3O4/c1-16(2,3)24-14(22)20-12-8-10-18(7,19)11-9-13-21-15(23)25-17(4,5)6/h8-13,19H2,1-7H3,(H,20,22)(H,21,23). The lowest BCUT2D eigenvalue weighted by Crippen LogP contribution is -2.39. The molecule has 0 atom stereocenters. The number of hydrogen-bond acceptors (Lipinski definition) is 5. The van der Waals surface area contributed by atoms with Crippen molar-refractivity contribution < 1.29 is 19.1 Å². The summed E-state index contributed by atoms with van der Waals surface area (Å²) in [4.78, 5) is 23.1. The Bertz CT molecular complexity index is 385. The maximum Gasteiger partial charge on any atom is 0.407 e. The zero-order chi connectivity index (χ0) is 19.7. The van der Waals surface area contributed by atoms with Gasteiger partial charge < -0.3 is 25.8 Å². The molecule has 0 unspecified atom stereocenters. The van der Waals surface area contributed by atoms with Crippen molar-refractivity contribution in [3.8, 4) is 0 Å². The molecule has 0 bridgehead atoms. The molecule has 0 saturated carbocycles. The number of alkyl carbamates (subject to hydrolysis) is 2. The van der Waals surface area contributed by atoms with Gasteiger partial charge in [-0.15, -0.1) is 0 Å². The maximum atomic E-state index is 11.5. The van der Waals surface area contributed by atoms with E-state index in [1.54, 1.807) is 0 Å². The summed E-state index contributed by atoms with van der Waals surface area (Å²) in [6, 6.07) is 0. The van der Waals surface area contributed by atoms with Gasteiger partial charge in [-0.1, -0.05) is 0 Å². The van der Waals surface area contributed by atoms with Gasteiger partial charge in [-0.2, -0.15) is 0 Å². The van der Waals surface area contributed by atoms with Gasteiger partial charge in [0.25, 0.3) is 0 Å². The lowest BCUT2D eigenvalue weighted by molar-refractivity contribution is 0.0516. The van der Waals surface area contributed by atoms with Gasteiger partial charge in [0.2, 0.25) is 0 Å².